The van der Waals surface area contributed by atoms with Gasteiger partial charge in [-0.05, 0) is 59.8 Å². The van der Waals surface area contributed by atoms with Crippen molar-refractivity contribution < 1.29 is 14.7 Å². The Morgan fingerprint density at radius 1 is 1.17 bits per heavy atom. The molecule has 106 valence electrons. The summed E-state index contributed by atoms with van der Waals surface area (Å²) in [4.78, 5) is 17.4. The molecule has 0 amide bonds. The molecule has 1 heterocycles. The van der Waals surface area contributed by atoms with Crippen LogP contribution in [-0.2, 0) is 9.63 Å². The van der Waals surface area contributed by atoms with Crippen molar-refractivity contribution in [1.29, 1.82) is 0 Å². The van der Waals surface area contributed by atoms with Gasteiger partial charge in [-0.25, -0.2) is 0 Å². The van der Waals surface area contributed by atoms with Crippen LogP contribution < -0.4 is 0 Å². The normalized spacial score (nSPS) is 22.7. The lowest BCUT2D eigenvalue weighted by molar-refractivity contribution is -0.265. The van der Waals surface area contributed by atoms with Gasteiger partial charge in [0.2, 0.25) is 0 Å². The van der Waals surface area contributed by atoms with Gasteiger partial charge in [0, 0.05) is 13.0 Å². The number of nitrogens with zero attached hydrogens (tertiary/aromatic N) is 1. The van der Waals surface area contributed by atoms with Gasteiger partial charge in [-0.3, -0.25) is 4.79 Å². The molecule has 0 unspecified atom stereocenters. The Hall–Kier alpha value is -0.610. The van der Waals surface area contributed by atoms with E-state index in [9.17, 15) is 4.79 Å². The second-order valence-corrected chi connectivity index (χ2v) is 6.42. The minimum Gasteiger partial charge on any atom is -0.396 e. The fourth-order valence-corrected chi connectivity index (χ4v) is 2.75. The maximum absolute atomic E-state index is 11.8. The molecule has 0 aromatic heterocycles. The molecule has 1 fully saturated rings. The van der Waals surface area contributed by atoms with Crippen molar-refractivity contribution >= 4 is 5.97 Å². The van der Waals surface area contributed by atoms with E-state index in [0.29, 0.717) is 19.3 Å². The van der Waals surface area contributed by atoms with Crippen molar-refractivity contribution in [3.63, 3.8) is 0 Å². The summed E-state index contributed by atoms with van der Waals surface area (Å²) in [5, 5.41) is 10.6. The van der Waals surface area contributed by atoms with Crippen molar-refractivity contribution in [3.8, 4) is 0 Å². The van der Waals surface area contributed by atoms with Gasteiger partial charge in [0.1, 0.15) is 0 Å². The van der Waals surface area contributed by atoms with Crippen molar-refractivity contribution in [1.82, 2.24) is 5.06 Å². The average Bonchev–Trinajstić information content (AvgIpc) is 2.23. The summed E-state index contributed by atoms with van der Waals surface area (Å²) < 4.78 is 0. The van der Waals surface area contributed by atoms with Crippen LogP contribution in [0.3, 0.4) is 0 Å². The number of unbranched alkanes of at least 4 members (excludes halogenated alkanes) is 1. The number of hydroxylamine groups is 2. The number of aliphatic hydroxyl groups excluding tert-OH is 1. The van der Waals surface area contributed by atoms with Gasteiger partial charge in [0.25, 0.3) is 0 Å². The maximum Gasteiger partial charge on any atom is 0.325 e. The zero-order valence-corrected chi connectivity index (χ0v) is 12.2. The van der Waals surface area contributed by atoms with Gasteiger partial charge in [-0.15, -0.1) is 5.06 Å². The van der Waals surface area contributed by atoms with E-state index in [1.807, 2.05) is 5.06 Å². The van der Waals surface area contributed by atoms with E-state index in [0.717, 1.165) is 12.8 Å². The zero-order chi connectivity index (χ0) is 13.8. The van der Waals surface area contributed by atoms with Gasteiger partial charge in [-0.1, -0.05) is 0 Å². The molecule has 1 saturated heterocycles. The quantitative estimate of drug-likeness (QED) is 0.769. The highest BCUT2D eigenvalue weighted by Crippen LogP contribution is 2.38. The van der Waals surface area contributed by atoms with Gasteiger partial charge < -0.3 is 9.94 Å². The third-order valence-corrected chi connectivity index (χ3v) is 3.66. The minimum atomic E-state index is -0.188. The van der Waals surface area contributed by atoms with Gasteiger partial charge in [0.15, 0.2) is 0 Å². The van der Waals surface area contributed by atoms with E-state index in [4.69, 9.17) is 9.94 Å². The van der Waals surface area contributed by atoms with Crippen LogP contribution in [0.4, 0.5) is 0 Å². The van der Waals surface area contributed by atoms with Crippen LogP contribution in [0.2, 0.25) is 0 Å². The third-order valence-electron chi connectivity index (χ3n) is 3.66. The SMILES string of the molecule is CC1(C)CCCC(C)(C)N1OC(=O)CCCCO. The summed E-state index contributed by atoms with van der Waals surface area (Å²) in [6.07, 6.45) is 4.97. The van der Waals surface area contributed by atoms with E-state index in [-0.39, 0.29) is 23.7 Å². The first-order chi connectivity index (χ1) is 8.29. The van der Waals surface area contributed by atoms with Crippen LogP contribution in [-0.4, -0.2) is 33.8 Å². The molecule has 1 rings (SSSR count). The van der Waals surface area contributed by atoms with E-state index >= 15 is 0 Å². The van der Waals surface area contributed by atoms with Crippen LogP contribution in [0.5, 0.6) is 0 Å². The molecule has 0 atom stereocenters. The molecule has 4 heteroatoms. The van der Waals surface area contributed by atoms with Crippen molar-refractivity contribution in [2.24, 2.45) is 0 Å². The number of piperidine rings is 1. The van der Waals surface area contributed by atoms with Crippen LogP contribution >= 0.6 is 0 Å². The lowest BCUT2D eigenvalue weighted by Gasteiger charge is -2.50. The monoisotopic (exact) mass is 257 g/mol. The minimum absolute atomic E-state index is 0.103. The third kappa shape index (κ3) is 3.95. The van der Waals surface area contributed by atoms with Gasteiger partial charge in [-0.2, -0.15) is 0 Å². The Morgan fingerprint density at radius 3 is 2.22 bits per heavy atom. The smallest absolute Gasteiger partial charge is 0.325 e. The second-order valence-electron chi connectivity index (χ2n) is 6.42. The topological polar surface area (TPSA) is 49.8 Å². The molecule has 0 aliphatic carbocycles. The van der Waals surface area contributed by atoms with E-state index in [2.05, 4.69) is 27.7 Å². The number of hydrogen-bond acceptors (Lipinski definition) is 4. The molecule has 0 spiro atoms. The summed E-state index contributed by atoms with van der Waals surface area (Å²) >= 11 is 0. The highest BCUT2D eigenvalue weighted by atomic mass is 16.7. The number of carbonyl (C=O) groups is 1. The Bertz CT molecular complexity index is 271. The van der Waals surface area contributed by atoms with Gasteiger partial charge in [0.05, 0.1) is 11.1 Å². The zero-order valence-electron chi connectivity index (χ0n) is 12.2. The first-order valence-corrected chi connectivity index (χ1v) is 6.91. The van der Waals surface area contributed by atoms with Crippen molar-refractivity contribution in [2.75, 3.05) is 6.61 Å². The van der Waals surface area contributed by atoms with E-state index in [1.54, 1.807) is 0 Å². The summed E-state index contributed by atoms with van der Waals surface area (Å²) in [7, 11) is 0. The molecule has 1 N–H and O–H groups in total. The molecule has 4 nitrogen and oxygen atoms in total. The first-order valence-electron chi connectivity index (χ1n) is 6.91. The predicted octanol–water partition coefficient (Wildman–Crippen LogP) is 2.65. The Kier molecular flexibility index (Phi) is 5.17. The molecule has 1 aliphatic heterocycles. The molecule has 0 aromatic rings. The summed E-state index contributed by atoms with van der Waals surface area (Å²) in [6, 6.07) is 0. The highest BCUT2D eigenvalue weighted by Gasteiger charge is 2.44. The number of carbonyl (C=O) groups excluding carboxylic acids is 1. The fraction of sp³-hybridized carbons (Fsp3) is 0.929. The molecule has 0 saturated carbocycles. The van der Waals surface area contributed by atoms with Crippen molar-refractivity contribution in [2.45, 2.75) is 77.3 Å². The molecule has 0 bridgehead atoms. The Labute approximate surface area is 110 Å². The second kappa shape index (κ2) is 6.02. The number of hydrogen-bond donors (Lipinski definition) is 1. The largest absolute Gasteiger partial charge is 0.396 e. The maximum atomic E-state index is 11.8. The summed E-state index contributed by atoms with van der Waals surface area (Å²) in [5.41, 5.74) is -0.206. The summed E-state index contributed by atoms with van der Waals surface area (Å²) in [5.74, 6) is -0.188. The van der Waals surface area contributed by atoms with E-state index < -0.39 is 0 Å². The molecular formula is C14H27NO3. The van der Waals surface area contributed by atoms with Crippen molar-refractivity contribution in [3.05, 3.63) is 0 Å². The lowest BCUT2D eigenvalue weighted by atomic mass is 9.82. The average molecular weight is 257 g/mol. The fourth-order valence-electron chi connectivity index (χ4n) is 2.75. The molecular weight excluding hydrogens is 230 g/mol. The standard InChI is InChI=1S/C14H27NO3/c1-13(2)9-7-10-14(3,4)15(13)18-12(17)8-5-6-11-16/h16H,5-11H2,1-4H3. The van der Waals surface area contributed by atoms with Crippen LogP contribution in [0, 0.1) is 0 Å². The van der Waals surface area contributed by atoms with Gasteiger partial charge >= 0.3 is 5.97 Å². The Balaban J connectivity index is 2.58. The first kappa shape index (κ1) is 15.4. The lowest BCUT2D eigenvalue weighted by Crippen LogP contribution is -2.58. The molecule has 18 heavy (non-hydrogen) atoms. The molecule has 0 aromatic carbocycles. The van der Waals surface area contributed by atoms with Crippen LogP contribution in [0.1, 0.15) is 66.2 Å². The molecule has 1 aliphatic rings. The Morgan fingerprint density at radius 2 is 1.72 bits per heavy atom. The predicted molar refractivity (Wildman–Crippen MR) is 70.9 cm³/mol. The summed E-state index contributed by atoms with van der Waals surface area (Å²) in [6.45, 7) is 8.61. The molecule has 0 radical (unpaired) electrons. The van der Waals surface area contributed by atoms with E-state index in [1.165, 1.54) is 6.42 Å². The van der Waals surface area contributed by atoms with Crippen LogP contribution in [0.15, 0.2) is 0 Å². The number of aliphatic hydroxyl groups is 1. The highest BCUT2D eigenvalue weighted by molar-refractivity contribution is 5.69. The number of rotatable bonds is 5. The van der Waals surface area contributed by atoms with Crippen LogP contribution in [0.25, 0.3) is 0 Å².